The maximum atomic E-state index is 3.60. The highest BCUT2D eigenvalue weighted by Gasteiger charge is 2.19. The molecule has 0 radical (unpaired) electrons. The van der Waals surface area contributed by atoms with Crippen molar-refractivity contribution in [1.82, 2.24) is 0 Å². The van der Waals surface area contributed by atoms with Gasteiger partial charge in [0.1, 0.15) is 0 Å². The van der Waals surface area contributed by atoms with Crippen LogP contribution in [0, 0.1) is 13.8 Å². The number of rotatable bonds is 2. The van der Waals surface area contributed by atoms with Crippen LogP contribution < -0.4 is 15.1 Å². The molecule has 2 aromatic carbocycles. The molecule has 0 fully saturated rings. The second kappa shape index (κ2) is 5.43. The van der Waals surface area contributed by atoms with E-state index in [1.54, 1.807) is 0 Å². The third kappa shape index (κ3) is 2.52. The van der Waals surface area contributed by atoms with Crippen molar-refractivity contribution in [3.8, 4) is 0 Å². The third-order valence-corrected chi connectivity index (χ3v) is 5.16. The summed E-state index contributed by atoms with van der Waals surface area (Å²) in [7, 11) is 8.38. The Hall–Kier alpha value is -1.81. The Labute approximate surface area is 137 Å². The van der Waals surface area contributed by atoms with Crippen LogP contribution in [0.15, 0.2) is 34.1 Å². The molecule has 3 rings (SSSR count). The van der Waals surface area contributed by atoms with Gasteiger partial charge in [0.15, 0.2) is 0 Å². The maximum absolute atomic E-state index is 3.60. The van der Waals surface area contributed by atoms with Crippen molar-refractivity contribution in [2.75, 3.05) is 43.3 Å². The summed E-state index contributed by atoms with van der Waals surface area (Å²) in [5.74, 6) is 0. The summed E-state index contributed by atoms with van der Waals surface area (Å²) in [5.41, 5.74) is 7.55. The highest BCUT2D eigenvalue weighted by Crippen LogP contribution is 2.47. The van der Waals surface area contributed by atoms with Crippen LogP contribution in [-0.4, -0.2) is 28.2 Å². The fraction of sp³-hybridized carbons (Fsp3) is 0.333. The summed E-state index contributed by atoms with van der Waals surface area (Å²) in [5, 5.41) is 3.60. The van der Waals surface area contributed by atoms with Crippen molar-refractivity contribution >= 4 is 34.5 Å². The van der Waals surface area contributed by atoms with Gasteiger partial charge in [0.05, 0.1) is 11.4 Å². The lowest BCUT2D eigenvalue weighted by atomic mass is 10.1. The van der Waals surface area contributed by atoms with E-state index in [2.05, 4.69) is 81.4 Å². The van der Waals surface area contributed by atoms with E-state index in [0.717, 1.165) is 0 Å². The van der Waals surface area contributed by atoms with Gasteiger partial charge in [-0.15, -0.1) is 0 Å². The first-order valence-corrected chi connectivity index (χ1v) is 8.27. The van der Waals surface area contributed by atoms with Crippen molar-refractivity contribution in [1.29, 1.82) is 0 Å². The van der Waals surface area contributed by atoms with Crippen LogP contribution in [0.3, 0.4) is 0 Å². The van der Waals surface area contributed by atoms with Crippen molar-refractivity contribution in [3.63, 3.8) is 0 Å². The molecule has 2 aromatic rings. The summed E-state index contributed by atoms with van der Waals surface area (Å²) < 4.78 is 0. The zero-order chi connectivity index (χ0) is 16.0. The first kappa shape index (κ1) is 15.1. The summed E-state index contributed by atoms with van der Waals surface area (Å²) in [4.78, 5) is 6.92. The lowest BCUT2D eigenvalue weighted by molar-refractivity contribution is 1.09. The number of fused-ring (bicyclic) bond motifs is 2. The normalized spacial score (nSPS) is 12.3. The van der Waals surface area contributed by atoms with Crippen molar-refractivity contribution in [3.05, 3.63) is 35.4 Å². The average Bonchev–Trinajstić information content (AvgIpc) is 2.43. The van der Waals surface area contributed by atoms with Gasteiger partial charge in [0, 0.05) is 49.4 Å². The predicted molar refractivity (Wildman–Crippen MR) is 98.4 cm³/mol. The van der Waals surface area contributed by atoms with E-state index in [0.29, 0.717) is 0 Å². The SMILES string of the molecule is Cc1cc2c(cc1N(C)C)Sc1cc(N(C)C)c(C)cc1N2. The van der Waals surface area contributed by atoms with E-state index in [1.807, 2.05) is 11.8 Å². The van der Waals surface area contributed by atoms with Gasteiger partial charge in [-0.2, -0.15) is 0 Å². The zero-order valence-corrected chi connectivity index (χ0v) is 14.9. The van der Waals surface area contributed by atoms with Crippen LogP contribution in [0.2, 0.25) is 0 Å². The zero-order valence-electron chi connectivity index (χ0n) is 14.1. The van der Waals surface area contributed by atoms with E-state index in [4.69, 9.17) is 0 Å². The Balaban J connectivity index is 2.06. The Morgan fingerprint density at radius 2 is 1.14 bits per heavy atom. The van der Waals surface area contributed by atoms with Crippen molar-refractivity contribution in [2.45, 2.75) is 23.6 Å². The van der Waals surface area contributed by atoms with Crippen molar-refractivity contribution < 1.29 is 0 Å². The minimum absolute atomic E-state index is 1.21. The van der Waals surface area contributed by atoms with Crippen LogP contribution in [-0.2, 0) is 0 Å². The van der Waals surface area contributed by atoms with Crippen LogP contribution in [0.5, 0.6) is 0 Å². The molecule has 0 spiro atoms. The van der Waals surface area contributed by atoms with Crippen LogP contribution in [0.25, 0.3) is 0 Å². The highest BCUT2D eigenvalue weighted by molar-refractivity contribution is 7.99. The van der Waals surface area contributed by atoms with Gasteiger partial charge >= 0.3 is 0 Å². The topological polar surface area (TPSA) is 18.5 Å². The fourth-order valence-corrected chi connectivity index (χ4v) is 3.96. The molecule has 22 heavy (non-hydrogen) atoms. The van der Waals surface area contributed by atoms with E-state index in [9.17, 15) is 0 Å². The smallest absolute Gasteiger partial charge is 0.0530 e. The molecule has 0 bridgehead atoms. The molecule has 1 N–H and O–H groups in total. The Kier molecular flexibility index (Phi) is 3.73. The summed E-state index contributed by atoms with van der Waals surface area (Å²) in [6.07, 6.45) is 0. The summed E-state index contributed by atoms with van der Waals surface area (Å²) in [6.45, 7) is 4.33. The number of aryl methyl sites for hydroxylation is 2. The van der Waals surface area contributed by atoms with Gasteiger partial charge in [-0.3, -0.25) is 0 Å². The molecule has 1 heterocycles. The first-order chi connectivity index (χ1) is 10.4. The molecule has 116 valence electrons. The lowest BCUT2D eigenvalue weighted by Crippen LogP contribution is -2.13. The van der Waals surface area contributed by atoms with Gasteiger partial charge in [0.2, 0.25) is 0 Å². The number of nitrogens with one attached hydrogen (secondary N) is 1. The number of anilines is 4. The Morgan fingerprint density at radius 3 is 1.50 bits per heavy atom. The molecular formula is C18H23N3S. The predicted octanol–water partition coefficient (Wildman–Crippen LogP) is 4.64. The fourth-order valence-electron chi connectivity index (χ4n) is 2.95. The highest BCUT2D eigenvalue weighted by atomic mass is 32.2. The van der Waals surface area contributed by atoms with E-state index in [-0.39, 0.29) is 0 Å². The molecule has 4 heteroatoms. The van der Waals surface area contributed by atoms with Crippen LogP contribution >= 0.6 is 11.8 Å². The molecule has 0 aromatic heterocycles. The van der Waals surface area contributed by atoms with E-state index in [1.165, 1.54) is 43.7 Å². The Morgan fingerprint density at radius 1 is 0.727 bits per heavy atom. The van der Waals surface area contributed by atoms with Crippen LogP contribution in [0.4, 0.5) is 22.7 Å². The molecule has 0 aliphatic carbocycles. The van der Waals surface area contributed by atoms with E-state index < -0.39 is 0 Å². The van der Waals surface area contributed by atoms with Gasteiger partial charge in [-0.1, -0.05) is 11.8 Å². The number of benzene rings is 2. The number of hydrogen-bond acceptors (Lipinski definition) is 4. The summed E-state index contributed by atoms with van der Waals surface area (Å²) >= 11 is 1.85. The second-order valence-corrected chi connectivity index (χ2v) is 7.37. The molecule has 0 unspecified atom stereocenters. The second-order valence-electron chi connectivity index (χ2n) is 6.29. The van der Waals surface area contributed by atoms with Crippen LogP contribution in [0.1, 0.15) is 11.1 Å². The van der Waals surface area contributed by atoms with Gasteiger partial charge in [-0.25, -0.2) is 0 Å². The molecular weight excluding hydrogens is 290 g/mol. The largest absolute Gasteiger partial charge is 0.377 e. The molecule has 0 saturated carbocycles. The van der Waals surface area contributed by atoms with E-state index >= 15 is 0 Å². The quantitative estimate of drug-likeness (QED) is 0.742. The standard InChI is InChI=1S/C18H23N3S/c1-11-7-13-17(9-15(11)20(3)4)22-18-10-16(21(5)6)12(2)8-14(18)19-13/h7-10,19H,1-6H3. The third-order valence-electron chi connectivity index (χ3n) is 4.05. The Bertz CT molecular complexity index is 674. The first-order valence-electron chi connectivity index (χ1n) is 7.45. The minimum Gasteiger partial charge on any atom is -0.377 e. The molecule has 1 aliphatic rings. The van der Waals surface area contributed by atoms with Gasteiger partial charge < -0.3 is 15.1 Å². The molecule has 1 aliphatic heterocycles. The minimum atomic E-state index is 1.21. The summed E-state index contributed by atoms with van der Waals surface area (Å²) in [6, 6.07) is 9.05. The number of hydrogen-bond donors (Lipinski definition) is 1. The molecule has 0 atom stereocenters. The average molecular weight is 313 g/mol. The van der Waals surface area contributed by atoms with Gasteiger partial charge in [0.25, 0.3) is 0 Å². The molecule has 0 saturated heterocycles. The molecule has 0 amide bonds. The lowest BCUT2D eigenvalue weighted by Gasteiger charge is -2.26. The molecule has 3 nitrogen and oxygen atoms in total. The number of nitrogens with zero attached hydrogens (tertiary/aromatic N) is 2. The van der Waals surface area contributed by atoms with Gasteiger partial charge in [-0.05, 0) is 49.2 Å². The monoisotopic (exact) mass is 313 g/mol. The maximum Gasteiger partial charge on any atom is 0.0530 e. The van der Waals surface area contributed by atoms with Crippen molar-refractivity contribution in [2.24, 2.45) is 0 Å².